The van der Waals surface area contributed by atoms with Crippen LogP contribution in [0.4, 0.5) is 15.8 Å². The number of rotatable bonds is 9. The normalized spacial score (nSPS) is 19.8. The Labute approximate surface area is 213 Å². The largest absolute Gasteiger partial charge is 0.385 e. The molecular formula is C27H26FN5O4. The van der Waals surface area contributed by atoms with Crippen LogP contribution in [-0.4, -0.2) is 47.7 Å². The maximum atomic E-state index is 14.7. The van der Waals surface area contributed by atoms with E-state index in [9.17, 15) is 28.8 Å². The Morgan fingerprint density at radius 2 is 1.65 bits per heavy atom. The maximum Gasteiger partial charge on any atom is 0.262 e. The fourth-order valence-electron chi connectivity index (χ4n) is 4.83. The smallest absolute Gasteiger partial charge is 0.262 e. The topological polar surface area (TPSA) is 131 Å². The molecule has 0 aromatic heterocycles. The third-order valence-electron chi connectivity index (χ3n) is 7.18. The van der Waals surface area contributed by atoms with Crippen molar-refractivity contribution in [1.82, 2.24) is 10.2 Å². The zero-order chi connectivity index (χ0) is 26.2. The van der Waals surface area contributed by atoms with Crippen LogP contribution in [0, 0.1) is 17.1 Å². The van der Waals surface area contributed by atoms with Crippen LogP contribution in [0.5, 0.6) is 0 Å². The molecular weight excluding hydrogens is 477 g/mol. The number of unbranched alkanes of at least 4 members (excludes halogenated alkanes) is 1. The number of benzene rings is 2. The first-order valence-electron chi connectivity index (χ1n) is 12.4. The van der Waals surface area contributed by atoms with Crippen LogP contribution in [0.1, 0.15) is 64.8 Å². The van der Waals surface area contributed by atoms with Crippen LogP contribution in [0.3, 0.4) is 0 Å². The van der Waals surface area contributed by atoms with Gasteiger partial charge in [0.25, 0.3) is 11.8 Å². The van der Waals surface area contributed by atoms with Gasteiger partial charge in [-0.3, -0.25) is 29.4 Å². The molecule has 190 valence electrons. The highest BCUT2D eigenvalue weighted by Gasteiger charge is 2.45. The minimum Gasteiger partial charge on any atom is -0.385 e. The number of carbonyl (C=O) groups is 4. The summed E-state index contributed by atoms with van der Waals surface area (Å²) in [7, 11) is 0. The summed E-state index contributed by atoms with van der Waals surface area (Å²) in [6, 6.07) is 11.6. The molecule has 0 radical (unpaired) electrons. The molecule has 37 heavy (non-hydrogen) atoms. The fourth-order valence-corrected chi connectivity index (χ4v) is 4.83. The Bertz CT molecular complexity index is 1330. The van der Waals surface area contributed by atoms with Gasteiger partial charge in [0.1, 0.15) is 11.9 Å². The summed E-state index contributed by atoms with van der Waals surface area (Å²) in [6.45, 7) is 1.17. The van der Waals surface area contributed by atoms with E-state index in [0.717, 1.165) is 47.9 Å². The van der Waals surface area contributed by atoms with Gasteiger partial charge in [0.05, 0.1) is 28.3 Å². The molecule has 0 bridgehead atoms. The lowest BCUT2D eigenvalue weighted by atomic mass is 9.98. The van der Waals surface area contributed by atoms with E-state index in [1.54, 1.807) is 0 Å². The molecule has 2 heterocycles. The van der Waals surface area contributed by atoms with Crippen molar-refractivity contribution in [3.63, 3.8) is 0 Å². The van der Waals surface area contributed by atoms with E-state index in [1.807, 2.05) is 24.3 Å². The zero-order valence-electron chi connectivity index (χ0n) is 20.1. The molecule has 1 unspecified atom stereocenters. The summed E-state index contributed by atoms with van der Waals surface area (Å²) < 4.78 is 14.7. The molecule has 0 spiro atoms. The highest BCUT2D eigenvalue weighted by molar-refractivity contribution is 6.23. The minimum absolute atomic E-state index is 0.0209. The van der Waals surface area contributed by atoms with Crippen molar-refractivity contribution in [3.8, 4) is 6.07 Å². The predicted octanol–water partition coefficient (Wildman–Crippen LogP) is 3.09. The lowest BCUT2D eigenvalue weighted by Gasteiger charge is -2.27. The molecule has 5 rings (SSSR count). The average molecular weight is 504 g/mol. The van der Waals surface area contributed by atoms with Crippen molar-refractivity contribution in [1.29, 1.82) is 5.26 Å². The number of hydrogen-bond acceptors (Lipinski definition) is 7. The van der Waals surface area contributed by atoms with Crippen LogP contribution in [0.2, 0.25) is 0 Å². The number of amides is 4. The lowest BCUT2D eigenvalue weighted by Crippen LogP contribution is -2.54. The summed E-state index contributed by atoms with van der Waals surface area (Å²) in [4.78, 5) is 50.1. The molecule has 3 aliphatic rings. The molecule has 1 saturated heterocycles. The standard InChI is InChI=1S/C27H26FN5O4/c28-20-13-18-19(26(37)33(25(18)36)22-7-8-23(34)32-24(22)35)14-21(20)31-12-2-1-11-30-17-5-3-16(4-6-17)27(15-29)9-10-27/h3-6,13-14,22,30-31H,1-2,7-12H2,(H,32,34,35). The number of fused-ring (bicyclic) bond motifs is 1. The van der Waals surface area contributed by atoms with E-state index in [0.29, 0.717) is 13.1 Å². The first-order valence-corrected chi connectivity index (χ1v) is 12.4. The van der Waals surface area contributed by atoms with Gasteiger partial charge in [0, 0.05) is 25.2 Å². The first-order chi connectivity index (χ1) is 17.8. The lowest BCUT2D eigenvalue weighted by molar-refractivity contribution is -0.136. The number of nitriles is 1. The van der Waals surface area contributed by atoms with E-state index in [1.165, 1.54) is 6.07 Å². The Balaban J connectivity index is 1.12. The Hall–Kier alpha value is -4.26. The fraction of sp³-hybridized carbons (Fsp3) is 0.370. The number of nitrogens with zero attached hydrogens (tertiary/aromatic N) is 2. The number of halogens is 1. The molecule has 9 nitrogen and oxygen atoms in total. The van der Waals surface area contributed by atoms with Gasteiger partial charge in [-0.05, 0) is 61.9 Å². The Morgan fingerprint density at radius 3 is 2.27 bits per heavy atom. The van der Waals surface area contributed by atoms with Gasteiger partial charge in [-0.1, -0.05) is 12.1 Å². The van der Waals surface area contributed by atoms with Crippen molar-refractivity contribution >= 4 is 35.0 Å². The van der Waals surface area contributed by atoms with Crippen LogP contribution < -0.4 is 16.0 Å². The summed E-state index contributed by atoms with van der Waals surface area (Å²) in [5.74, 6) is -3.23. The molecule has 10 heteroatoms. The number of nitrogens with one attached hydrogen (secondary N) is 3. The van der Waals surface area contributed by atoms with E-state index in [-0.39, 0.29) is 35.1 Å². The van der Waals surface area contributed by atoms with Crippen molar-refractivity contribution in [2.24, 2.45) is 0 Å². The number of piperidine rings is 1. The molecule has 2 fully saturated rings. The predicted molar refractivity (Wildman–Crippen MR) is 132 cm³/mol. The summed E-state index contributed by atoms with van der Waals surface area (Å²) >= 11 is 0. The van der Waals surface area contributed by atoms with Crippen molar-refractivity contribution in [3.05, 3.63) is 58.9 Å². The SMILES string of the molecule is N#CC1(c2ccc(NCCCCNc3cc4c(cc3F)C(=O)N(C3CCC(=O)NC3=O)C4=O)cc2)CC1. The van der Waals surface area contributed by atoms with Crippen molar-refractivity contribution in [2.75, 3.05) is 23.7 Å². The molecule has 1 aliphatic carbocycles. The highest BCUT2D eigenvalue weighted by Crippen LogP contribution is 2.47. The molecule has 1 saturated carbocycles. The van der Waals surface area contributed by atoms with Crippen LogP contribution in [0.15, 0.2) is 36.4 Å². The van der Waals surface area contributed by atoms with E-state index >= 15 is 0 Å². The molecule has 4 amide bonds. The molecule has 2 aromatic carbocycles. The first kappa shape index (κ1) is 24.4. The monoisotopic (exact) mass is 503 g/mol. The third-order valence-corrected chi connectivity index (χ3v) is 7.18. The maximum absolute atomic E-state index is 14.7. The summed E-state index contributed by atoms with van der Waals surface area (Å²) in [5, 5.41) is 17.8. The van der Waals surface area contributed by atoms with Crippen LogP contribution >= 0.6 is 0 Å². The molecule has 2 aromatic rings. The van der Waals surface area contributed by atoms with E-state index in [4.69, 9.17) is 0 Å². The quantitative estimate of drug-likeness (QED) is 0.354. The number of carbonyl (C=O) groups excluding carboxylic acids is 4. The zero-order valence-corrected chi connectivity index (χ0v) is 20.1. The number of anilines is 2. The van der Waals surface area contributed by atoms with Gasteiger partial charge in [-0.25, -0.2) is 4.39 Å². The van der Waals surface area contributed by atoms with Crippen molar-refractivity contribution in [2.45, 2.75) is 50.0 Å². The second-order valence-electron chi connectivity index (χ2n) is 9.66. The van der Waals surface area contributed by atoms with Gasteiger partial charge in [-0.15, -0.1) is 0 Å². The van der Waals surface area contributed by atoms with Gasteiger partial charge < -0.3 is 10.6 Å². The summed E-state index contributed by atoms with van der Waals surface area (Å²) in [6.07, 6.45) is 3.43. The number of imide groups is 2. The Morgan fingerprint density at radius 1 is 1.00 bits per heavy atom. The molecule has 1 atom stereocenters. The number of hydrogen-bond donors (Lipinski definition) is 3. The second kappa shape index (κ2) is 9.65. The van der Waals surface area contributed by atoms with Crippen molar-refractivity contribution < 1.29 is 23.6 Å². The second-order valence-corrected chi connectivity index (χ2v) is 9.66. The highest BCUT2D eigenvalue weighted by atomic mass is 19.1. The Kier molecular flexibility index (Phi) is 6.38. The van der Waals surface area contributed by atoms with Crippen LogP contribution in [-0.2, 0) is 15.0 Å². The average Bonchev–Trinajstić information content (AvgIpc) is 3.65. The third kappa shape index (κ3) is 4.65. The van der Waals surface area contributed by atoms with Gasteiger partial charge in [-0.2, -0.15) is 5.26 Å². The van der Waals surface area contributed by atoms with Gasteiger partial charge in [0.2, 0.25) is 11.8 Å². The minimum atomic E-state index is -1.09. The van der Waals surface area contributed by atoms with Crippen LogP contribution in [0.25, 0.3) is 0 Å². The molecule has 2 aliphatic heterocycles. The summed E-state index contributed by atoms with van der Waals surface area (Å²) in [5.41, 5.74) is 1.79. The van der Waals surface area contributed by atoms with Gasteiger partial charge in [0.15, 0.2) is 0 Å². The van der Waals surface area contributed by atoms with Gasteiger partial charge >= 0.3 is 0 Å². The van der Waals surface area contributed by atoms with E-state index in [2.05, 4.69) is 22.0 Å². The molecule has 3 N–H and O–H groups in total. The van der Waals surface area contributed by atoms with E-state index < -0.39 is 35.5 Å².